The average Bonchev–Trinajstić information content (AvgIpc) is 3.22. The molecule has 1 N–H and O–H groups in total. The van der Waals surface area contributed by atoms with Gasteiger partial charge < -0.3 is 4.57 Å². The summed E-state index contributed by atoms with van der Waals surface area (Å²) in [6.45, 7) is 6.11. The zero-order valence-corrected chi connectivity index (χ0v) is 24.1. The lowest BCUT2D eigenvalue weighted by Crippen LogP contribution is -2.54. The molecule has 2 aromatic carbocycles. The number of barbiturate groups is 1. The third kappa shape index (κ3) is 4.27. The molecule has 0 unspecified atom stereocenters. The molecule has 4 amide bonds. The number of carbonyl (C=O) groups is 3. The summed E-state index contributed by atoms with van der Waals surface area (Å²) < 4.78 is 2.11. The second-order valence-corrected chi connectivity index (χ2v) is 12.9. The van der Waals surface area contributed by atoms with Crippen molar-refractivity contribution in [2.24, 2.45) is 17.8 Å². The second kappa shape index (κ2) is 9.57. The molecule has 5 fully saturated rings. The lowest BCUT2D eigenvalue weighted by molar-refractivity contribution is -0.122. The van der Waals surface area contributed by atoms with Crippen molar-refractivity contribution in [1.29, 1.82) is 0 Å². The maximum absolute atomic E-state index is 13.7. The molecule has 4 saturated carbocycles. The molecule has 41 heavy (non-hydrogen) atoms. The highest BCUT2D eigenvalue weighted by Crippen LogP contribution is 2.60. The van der Waals surface area contributed by atoms with Gasteiger partial charge in [-0.1, -0.05) is 31.2 Å². The van der Waals surface area contributed by atoms with Gasteiger partial charge in [-0.05, 0) is 135 Å². The highest BCUT2D eigenvalue weighted by molar-refractivity contribution is 6.39. The van der Waals surface area contributed by atoms with Crippen molar-refractivity contribution >= 4 is 29.6 Å². The maximum Gasteiger partial charge on any atom is 0.335 e. The zero-order chi connectivity index (χ0) is 28.5. The largest absolute Gasteiger partial charge is 0.335 e. The number of benzene rings is 2. The van der Waals surface area contributed by atoms with Crippen LogP contribution in [0.2, 0.25) is 0 Å². The number of rotatable bonds is 5. The lowest BCUT2D eigenvalue weighted by Gasteiger charge is -2.57. The smallest absolute Gasteiger partial charge is 0.318 e. The minimum atomic E-state index is -0.707. The zero-order valence-electron chi connectivity index (χ0n) is 24.1. The first-order valence-corrected chi connectivity index (χ1v) is 15.0. The molecular weight excluding hydrogens is 510 g/mol. The number of nitrogens with zero attached hydrogens (tertiary/aromatic N) is 2. The van der Waals surface area contributed by atoms with Gasteiger partial charge in [0.25, 0.3) is 11.8 Å². The van der Waals surface area contributed by atoms with Crippen molar-refractivity contribution in [3.63, 3.8) is 0 Å². The number of hydrogen-bond donors (Lipinski definition) is 1. The number of carbonyl (C=O) groups excluding carboxylic acids is 3. The Balaban J connectivity index is 1.18. The first kappa shape index (κ1) is 26.0. The van der Waals surface area contributed by atoms with E-state index in [0.717, 1.165) is 51.7 Å². The van der Waals surface area contributed by atoms with Gasteiger partial charge >= 0.3 is 6.03 Å². The highest BCUT2D eigenvalue weighted by Gasteiger charge is 2.51. The van der Waals surface area contributed by atoms with Gasteiger partial charge in [-0.3, -0.25) is 14.9 Å². The van der Waals surface area contributed by atoms with Gasteiger partial charge in [0.1, 0.15) is 5.57 Å². The first-order chi connectivity index (χ1) is 19.7. The number of nitrogens with one attached hydrogen (secondary N) is 1. The predicted octanol–water partition coefficient (Wildman–Crippen LogP) is 6.79. The summed E-state index contributed by atoms with van der Waals surface area (Å²) in [6.07, 6.45) is 10.5. The third-order valence-corrected chi connectivity index (χ3v) is 10.3. The van der Waals surface area contributed by atoms with Gasteiger partial charge in [-0.2, -0.15) is 0 Å². The predicted molar refractivity (Wildman–Crippen MR) is 160 cm³/mol. The summed E-state index contributed by atoms with van der Waals surface area (Å²) in [4.78, 5) is 40.6. The molecule has 5 aliphatic rings. The second-order valence-electron chi connectivity index (χ2n) is 12.9. The summed E-state index contributed by atoms with van der Waals surface area (Å²) >= 11 is 0. The van der Waals surface area contributed by atoms with Crippen LogP contribution in [0.5, 0.6) is 0 Å². The molecular formula is C35H37N3O3. The summed E-state index contributed by atoms with van der Waals surface area (Å²) in [6, 6.07) is 17.6. The minimum absolute atomic E-state index is 0.0451. The molecule has 4 aliphatic carbocycles. The molecule has 0 radical (unpaired) electrons. The molecule has 4 bridgehead atoms. The van der Waals surface area contributed by atoms with Crippen LogP contribution in [-0.4, -0.2) is 22.4 Å². The quantitative estimate of drug-likeness (QED) is 0.282. The van der Waals surface area contributed by atoms with Crippen LogP contribution in [0.25, 0.3) is 11.8 Å². The van der Waals surface area contributed by atoms with E-state index in [4.69, 9.17) is 0 Å². The molecule has 6 heteroatoms. The molecule has 0 atom stereocenters. The number of imide groups is 2. The molecule has 1 aromatic heterocycles. The third-order valence-electron chi connectivity index (χ3n) is 10.3. The molecule has 3 aromatic rings. The minimum Gasteiger partial charge on any atom is -0.318 e. The van der Waals surface area contributed by atoms with Crippen molar-refractivity contribution in [2.45, 2.75) is 71.1 Å². The van der Waals surface area contributed by atoms with Crippen LogP contribution in [0.1, 0.15) is 73.5 Å². The molecule has 1 saturated heterocycles. The van der Waals surface area contributed by atoms with E-state index in [-0.39, 0.29) is 11.0 Å². The van der Waals surface area contributed by atoms with Gasteiger partial charge in [0.15, 0.2) is 0 Å². The van der Waals surface area contributed by atoms with E-state index in [1.54, 1.807) is 6.08 Å². The van der Waals surface area contributed by atoms with Crippen molar-refractivity contribution < 1.29 is 14.4 Å². The molecule has 0 spiro atoms. The monoisotopic (exact) mass is 547 g/mol. The standard InChI is InChI=1S/C35H37N3O3/c1-4-23-5-9-29(10-6-23)37-21(2)13-27(22(37)3)17-31-32(39)36-34(41)38(33(31)40)30-11-7-28(8-12-30)35-18-24-14-25(19-35)16-26(15-24)20-35/h5-13,17,24-26H,4,14-16,18-20H2,1-3H3,(H,36,39,41)/b31-17+. The number of urea groups is 1. The Bertz CT molecular complexity index is 1560. The lowest BCUT2D eigenvalue weighted by atomic mass is 9.48. The topological polar surface area (TPSA) is 71.4 Å². The first-order valence-electron chi connectivity index (χ1n) is 15.0. The van der Waals surface area contributed by atoms with E-state index in [2.05, 4.69) is 53.2 Å². The van der Waals surface area contributed by atoms with Crippen molar-refractivity contribution in [3.05, 3.63) is 88.2 Å². The van der Waals surface area contributed by atoms with Crippen LogP contribution >= 0.6 is 0 Å². The SMILES string of the molecule is CCc1ccc(-n2c(C)cc(/C=C3\C(=O)NC(=O)N(c4ccc(C56CC7CC(CC(C7)C5)C6)cc4)C3=O)c2C)cc1. The van der Waals surface area contributed by atoms with Gasteiger partial charge in [-0.25, -0.2) is 9.69 Å². The van der Waals surface area contributed by atoms with E-state index in [1.165, 1.54) is 49.7 Å². The summed E-state index contributed by atoms with van der Waals surface area (Å²) in [5, 5.41) is 2.39. The number of anilines is 1. The Morgan fingerprint density at radius 1 is 0.854 bits per heavy atom. The van der Waals surface area contributed by atoms with E-state index in [1.807, 2.05) is 32.0 Å². The van der Waals surface area contributed by atoms with E-state index in [9.17, 15) is 14.4 Å². The van der Waals surface area contributed by atoms with Gasteiger partial charge in [0.2, 0.25) is 0 Å². The number of hydrogen-bond acceptors (Lipinski definition) is 3. The average molecular weight is 548 g/mol. The number of aromatic nitrogens is 1. The van der Waals surface area contributed by atoms with Crippen LogP contribution < -0.4 is 10.2 Å². The van der Waals surface area contributed by atoms with Gasteiger partial charge in [0, 0.05) is 17.1 Å². The normalized spacial score (nSPS) is 28.1. The Labute approximate surface area is 241 Å². The van der Waals surface area contributed by atoms with Crippen LogP contribution in [0.4, 0.5) is 10.5 Å². The van der Waals surface area contributed by atoms with E-state index in [0.29, 0.717) is 5.69 Å². The fraction of sp³-hybridized carbons (Fsp3) is 0.400. The maximum atomic E-state index is 13.7. The number of amides is 4. The Morgan fingerprint density at radius 3 is 2.02 bits per heavy atom. The Kier molecular flexibility index (Phi) is 6.07. The van der Waals surface area contributed by atoms with Crippen LogP contribution in [0.3, 0.4) is 0 Å². The van der Waals surface area contributed by atoms with Gasteiger partial charge in [0.05, 0.1) is 5.69 Å². The Morgan fingerprint density at radius 2 is 1.44 bits per heavy atom. The Hall–Kier alpha value is -3.93. The number of aryl methyl sites for hydroxylation is 2. The highest BCUT2D eigenvalue weighted by atomic mass is 16.2. The van der Waals surface area contributed by atoms with Crippen LogP contribution in [0.15, 0.2) is 60.2 Å². The molecule has 210 valence electrons. The fourth-order valence-electron chi connectivity index (χ4n) is 8.69. The summed E-state index contributed by atoms with van der Waals surface area (Å²) in [5.41, 5.74) is 6.98. The molecule has 6 nitrogen and oxygen atoms in total. The van der Waals surface area contributed by atoms with Crippen LogP contribution in [0, 0.1) is 31.6 Å². The van der Waals surface area contributed by atoms with Crippen molar-refractivity contribution in [1.82, 2.24) is 9.88 Å². The van der Waals surface area contributed by atoms with Crippen molar-refractivity contribution in [3.8, 4) is 5.69 Å². The van der Waals surface area contributed by atoms with Gasteiger partial charge in [-0.15, -0.1) is 0 Å². The molecule has 1 aliphatic heterocycles. The van der Waals surface area contributed by atoms with Crippen molar-refractivity contribution in [2.75, 3.05) is 4.90 Å². The van der Waals surface area contributed by atoms with Crippen LogP contribution in [-0.2, 0) is 21.4 Å². The van der Waals surface area contributed by atoms with E-state index >= 15 is 0 Å². The summed E-state index contributed by atoms with van der Waals surface area (Å²) in [5.74, 6) is 1.25. The molecule has 2 heterocycles. The molecule has 8 rings (SSSR count). The summed E-state index contributed by atoms with van der Waals surface area (Å²) in [7, 11) is 0. The van der Waals surface area contributed by atoms with E-state index < -0.39 is 17.8 Å². The fourth-order valence-corrected chi connectivity index (χ4v) is 8.69.